The second kappa shape index (κ2) is 9.94. The van der Waals surface area contributed by atoms with Crippen molar-refractivity contribution in [1.29, 1.82) is 10.5 Å². The van der Waals surface area contributed by atoms with Crippen LogP contribution in [0.4, 0.5) is 24.0 Å². The molecule has 210 valence electrons. The Morgan fingerprint density at radius 1 is 1.17 bits per heavy atom. The lowest BCUT2D eigenvalue weighted by molar-refractivity contribution is 0.188. The number of aromatic nitrogens is 2. The molecule has 2 aromatic heterocycles. The number of halogens is 3. The van der Waals surface area contributed by atoms with Crippen molar-refractivity contribution in [2.45, 2.75) is 31.6 Å². The number of nitrogens with two attached hydrogens (primary N) is 1. The number of nitriles is 2. The summed E-state index contributed by atoms with van der Waals surface area (Å²) in [4.78, 5) is 12.6. The van der Waals surface area contributed by atoms with Crippen LogP contribution in [0.2, 0.25) is 0 Å². The number of hydrogen-bond acceptors (Lipinski definition) is 10. The summed E-state index contributed by atoms with van der Waals surface area (Å²) in [6, 6.07) is 5.95. The Hall–Kier alpha value is -4.33. The zero-order valence-electron chi connectivity index (χ0n) is 22.3. The molecule has 0 spiro atoms. The van der Waals surface area contributed by atoms with Crippen LogP contribution >= 0.6 is 11.3 Å². The smallest absolute Gasteiger partial charge is 0.319 e. The number of fused-ring (bicyclic) bond motifs is 1. The fourth-order valence-corrected chi connectivity index (χ4v) is 6.45. The maximum absolute atomic E-state index is 16.8. The Balaban J connectivity index is 1.63. The molecule has 13 heteroatoms. The monoisotopic (exact) mass is 579 g/mol. The van der Waals surface area contributed by atoms with Gasteiger partial charge in [-0.3, -0.25) is 4.90 Å². The molecule has 4 aromatic rings. The highest BCUT2D eigenvalue weighted by atomic mass is 32.1. The summed E-state index contributed by atoms with van der Waals surface area (Å²) in [5, 5.41) is 20.5. The Labute approximate surface area is 237 Å². The molecule has 0 amide bonds. The summed E-state index contributed by atoms with van der Waals surface area (Å²) in [5.41, 5.74) is 5.61. The molecule has 2 aliphatic rings. The molecule has 0 aliphatic carbocycles. The molecule has 1 fully saturated rings. The van der Waals surface area contributed by atoms with Gasteiger partial charge in [-0.1, -0.05) is 6.07 Å². The average Bonchev–Trinajstić information content (AvgIpc) is 3.43. The van der Waals surface area contributed by atoms with Crippen LogP contribution in [0.15, 0.2) is 12.1 Å². The first-order valence-corrected chi connectivity index (χ1v) is 13.7. The van der Waals surface area contributed by atoms with E-state index in [4.69, 9.17) is 15.2 Å². The first-order valence-electron chi connectivity index (χ1n) is 12.9. The van der Waals surface area contributed by atoms with Gasteiger partial charge in [-0.05, 0) is 32.0 Å². The lowest BCUT2D eigenvalue weighted by Gasteiger charge is -2.24. The maximum Gasteiger partial charge on any atom is 0.319 e. The molecule has 0 radical (unpaired) electrons. The van der Waals surface area contributed by atoms with Crippen molar-refractivity contribution in [2.75, 3.05) is 44.5 Å². The lowest BCUT2D eigenvalue weighted by Crippen LogP contribution is -2.33. The predicted octanol–water partition coefficient (Wildman–Crippen LogP) is 4.75. The number of likely N-dealkylation sites (N-methyl/N-ethyl adjacent to an activating group) is 2. The third kappa shape index (κ3) is 4.15. The van der Waals surface area contributed by atoms with Crippen molar-refractivity contribution >= 4 is 43.1 Å². The second-order valence-corrected chi connectivity index (χ2v) is 11.4. The van der Waals surface area contributed by atoms with Crippen LogP contribution in [-0.2, 0) is 0 Å². The molecule has 3 atom stereocenters. The molecule has 4 heterocycles. The first kappa shape index (κ1) is 26.9. The van der Waals surface area contributed by atoms with Gasteiger partial charge in [0.05, 0.1) is 21.7 Å². The molecule has 2 aromatic carbocycles. The zero-order chi connectivity index (χ0) is 29.2. The van der Waals surface area contributed by atoms with Crippen molar-refractivity contribution in [2.24, 2.45) is 0 Å². The summed E-state index contributed by atoms with van der Waals surface area (Å²) < 4.78 is 57.5. The van der Waals surface area contributed by atoms with Crippen molar-refractivity contribution in [3.05, 3.63) is 34.9 Å². The third-order valence-electron chi connectivity index (χ3n) is 7.82. The Morgan fingerprint density at radius 2 is 1.93 bits per heavy atom. The molecule has 0 unspecified atom stereocenters. The van der Waals surface area contributed by atoms with Gasteiger partial charge in [0, 0.05) is 30.6 Å². The Morgan fingerprint density at radius 3 is 2.61 bits per heavy atom. The maximum atomic E-state index is 16.8. The standard InChI is InChI=1S/C28H24F3N7O2S/c1-12-10-39-24-16(7-32)19(15-4-5-18(30)25-20(15)17(8-33)26(34)41-25)22(31)23-21(24)27(38(12)3)36-28(35-23)40-11-14-6-13(29)9-37(14)2/h4-5,12-14H,6,9-11,34H2,1-3H3/t12-,13+,14-/m0/s1. The van der Waals surface area contributed by atoms with Gasteiger partial charge < -0.3 is 20.1 Å². The average molecular weight is 580 g/mol. The van der Waals surface area contributed by atoms with Crippen molar-refractivity contribution in [3.63, 3.8) is 0 Å². The molecule has 1 saturated heterocycles. The molecular weight excluding hydrogens is 555 g/mol. The molecule has 0 bridgehead atoms. The SMILES string of the molecule is C[C@H]1COc2c(C#N)c(-c3ccc(F)c4sc(N)c(C#N)c34)c(F)c3nc(OC[C@@H]4C[C@@H](F)CN4C)nc(c23)N1C. The molecular formula is C28H24F3N7O2S. The van der Waals surface area contributed by atoms with E-state index < -0.39 is 17.8 Å². The number of thiophene rings is 1. The molecule has 2 N–H and O–H groups in total. The van der Waals surface area contributed by atoms with Gasteiger partial charge in [-0.15, -0.1) is 11.3 Å². The normalized spacial score (nSPS) is 20.6. The predicted molar refractivity (Wildman–Crippen MR) is 149 cm³/mol. The van der Waals surface area contributed by atoms with E-state index in [-0.39, 0.29) is 91.8 Å². The van der Waals surface area contributed by atoms with Crippen LogP contribution in [0, 0.1) is 34.3 Å². The van der Waals surface area contributed by atoms with Crippen LogP contribution in [0.5, 0.6) is 11.8 Å². The number of benzene rings is 2. The highest BCUT2D eigenvalue weighted by molar-refractivity contribution is 7.23. The van der Waals surface area contributed by atoms with Gasteiger partial charge in [0.25, 0.3) is 0 Å². The van der Waals surface area contributed by atoms with E-state index in [0.717, 1.165) is 17.4 Å². The van der Waals surface area contributed by atoms with E-state index in [2.05, 4.69) is 16.0 Å². The number of nitrogens with zero attached hydrogens (tertiary/aromatic N) is 6. The van der Waals surface area contributed by atoms with Gasteiger partial charge >= 0.3 is 6.01 Å². The zero-order valence-corrected chi connectivity index (χ0v) is 23.2. The van der Waals surface area contributed by atoms with Crippen LogP contribution < -0.4 is 20.1 Å². The number of rotatable bonds is 4. The number of nitrogen functional groups attached to an aromatic ring is 1. The lowest BCUT2D eigenvalue weighted by atomic mass is 9.92. The van der Waals surface area contributed by atoms with E-state index >= 15 is 4.39 Å². The van der Waals surface area contributed by atoms with Crippen LogP contribution in [0.3, 0.4) is 0 Å². The summed E-state index contributed by atoms with van der Waals surface area (Å²) in [6.07, 6.45) is -0.676. The number of hydrogen-bond donors (Lipinski definition) is 1. The second-order valence-electron chi connectivity index (χ2n) is 10.3. The summed E-state index contributed by atoms with van der Waals surface area (Å²) in [5.74, 6) is -1.13. The number of anilines is 2. The number of alkyl halides is 1. The molecule has 0 saturated carbocycles. The number of likely N-dealkylation sites (tertiary alicyclic amines) is 1. The van der Waals surface area contributed by atoms with E-state index in [0.29, 0.717) is 12.2 Å². The summed E-state index contributed by atoms with van der Waals surface area (Å²) >= 11 is 0.871. The summed E-state index contributed by atoms with van der Waals surface area (Å²) in [7, 11) is 3.56. The van der Waals surface area contributed by atoms with Gasteiger partial charge in [-0.25, -0.2) is 13.2 Å². The third-order valence-corrected chi connectivity index (χ3v) is 8.85. The van der Waals surface area contributed by atoms with Crippen LogP contribution in [-0.4, -0.2) is 67.0 Å². The van der Waals surface area contributed by atoms with Crippen molar-refractivity contribution in [3.8, 4) is 35.0 Å². The molecule has 41 heavy (non-hydrogen) atoms. The van der Waals surface area contributed by atoms with Gasteiger partial charge in [-0.2, -0.15) is 20.5 Å². The summed E-state index contributed by atoms with van der Waals surface area (Å²) in [6.45, 7) is 2.41. The molecule has 9 nitrogen and oxygen atoms in total. The van der Waals surface area contributed by atoms with Gasteiger partial charge in [0.1, 0.15) is 59.2 Å². The van der Waals surface area contributed by atoms with Gasteiger partial charge in [0.2, 0.25) is 0 Å². The topological polar surface area (TPSA) is 124 Å². The Kier molecular flexibility index (Phi) is 6.52. The minimum Gasteiger partial charge on any atom is -0.489 e. The van der Waals surface area contributed by atoms with E-state index in [9.17, 15) is 19.3 Å². The van der Waals surface area contributed by atoms with Crippen LogP contribution in [0.25, 0.3) is 32.1 Å². The quantitative estimate of drug-likeness (QED) is 0.365. The van der Waals surface area contributed by atoms with E-state index in [1.807, 2.05) is 17.9 Å². The largest absolute Gasteiger partial charge is 0.489 e. The minimum absolute atomic E-state index is 0.0118. The van der Waals surface area contributed by atoms with E-state index in [1.165, 1.54) is 6.07 Å². The first-order chi connectivity index (χ1) is 19.6. The fourth-order valence-electron chi connectivity index (χ4n) is 5.50. The number of ether oxygens (including phenoxy) is 2. The van der Waals surface area contributed by atoms with E-state index in [1.54, 1.807) is 19.0 Å². The minimum atomic E-state index is -0.969. The Bertz CT molecular complexity index is 1820. The van der Waals surface area contributed by atoms with Crippen LogP contribution in [0.1, 0.15) is 24.5 Å². The molecule has 2 aliphatic heterocycles. The molecule has 6 rings (SSSR count). The highest BCUT2D eigenvalue weighted by Gasteiger charge is 2.34. The van der Waals surface area contributed by atoms with Crippen molar-refractivity contribution in [1.82, 2.24) is 14.9 Å². The van der Waals surface area contributed by atoms with Crippen molar-refractivity contribution < 1.29 is 22.6 Å². The highest BCUT2D eigenvalue weighted by Crippen LogP contribution is 2.48. The fraction of sp³-hybridized carbons (Fsp3) is 0.357. The van der Waals surface area contributed by atoms with Gasteiger partial charge in [0.15, 0.2) is 11.6 Å².